The first-order valence-electron chi connectivity index (χ1n) is 7.99. The van der Waals surface area contributed by atoms with E-state index in [4.69, 9.17) is 0 Å². The fraction of sp³-hybridized carbons (Fsp3) is 0.278. The van der Waals surface area contributed by atoms with Gasteiger partial charge in [-0.1, -0.05) is 24.3 Å². The zero-order valence-electron chi connectivity index (χ0n) is 13.9. The molecule has 3 aromatic rings. The lowest BCUT2D eigenvalue weighted by atomic mass is 9.94. The van der Waals surface area contributed by atoms with Crippen LogP contribution in [0.5, 0.6) is 0 Å². The van der Waals surface area contributed by atoms with E-state index in [0.29, 0.717) is 17.8 Å². The molecule has 128 valence electrons. The van der Waals surface area contributed by atoms with Crippen LogP contribution in [0.15, 0.2) is 30.3 Å². The molecule has 3 heterocycles. The maximum Gasteiger partial charge on any atom is 0.326 e. The molecule has 4 rings (SSSR count). The molecule has 0 aliphatic carbocycles. The van der Waals surface area contributed by atoms with Crippen LogP contribution in [0.3, 0.4) is 0 Å². The second kappa shape index (κ2) is 5.70. The van der Waals surface area contributed by atoms with Crippen molar-refractivity contribution >= 4 is 33.4 Å². The number of carboxylic acids is 1. The highest BCUT2D eigenvalue weighted by atomic mass is 32.1. The third kappa shape index (κ3) is 2.51. The molecular formula is C18H17N3O3S. The van der Waals surface area contributed by atoms with E-state index >= 15 is 0 Å². The molecule has 0 unspecified atom stereocenters. The maximum atomic E-state index is 13.1. The van der Waals surface area contributed by atoms with E-state index in [1.165, 1.54) is 16.2 Å². The summed E-state index contributed by atoms with van der Waals surface area (Å²) in [6.45, 7) is 2.22. The highest BCUT2D eigenvalue weighted by Crippen LogP contribution is 2.31. The van der Waals surface area contributed by atoms with Crippen molar-refractivity contribution in [2.75, 3.05) is 0 Å². The lowest BCUT2D eigenvalue weighted by molar-refractivity contribution is -0.142. The summed E-state index contributed by atoms with van der Waals surface area (Å²) in [5.41, 5.74) is 2.87. The summed E-state index contributed by atoms with van der Waals surface area (Å²) in [6.07, 6.45) is 0.336. The van der Waals surface area contributed by atoms with Gasteiger partial charge in [0.25, 0.3) is 5.91 Å². The summed E-state index contributed by atoms with van der Waals surface area (Å²) in [4.78, 5) is 27.7. The van der Waals surface area contributed by atoms with Gasteiger partial charge in [-0.05, 0) is 24.1 Å². The van der Waals surface area contributed by atoms with E-state index in [1.807, 2.05) is 44.3 Å². The zero-order chi connectivity index (χ0) is 17.7. The van der Waals surface area contributed by atoms with Crippen LogP contribution in [0, 0.1) is 6.92 Å². The Labute approximate surface area is 148 Å². The molecule has 1 amide bonds. The van der Waals surface area contributed by atoms with Crippen molar-refractivity contribution in [3.63, 3.8) is 0 Å². The van der Waals surface area contributed by atoms with Crippen LogP contribution in [0.4, 0.5) is 0 Å². The summed E-state index contributed by atoms with van der Waals surface area (Å²) in [7, 11) is 1.84. The summed E-state index contributed by atoms with van der Waals surface area (Å²) in [5, 5.41) is 14.9. The number of hydrogen-bond acceptors (Lipinski definition) is 4. The van der Waals surface area contributed by atoms with Gasteiger partial charge in [-0.25, -0.2) is 4.79 Å². The van der Waals surface area contributed by atoms with Gasteiger partial charge in [0.05, 0.1) is 10.6 Å². The zero-order valence-corrected chi connectivity index (χ0v) is 14.7. The minimum absolute atomic E-state index is 0.234. The Bertz CT molecular complexity index is 970. The lowest BCUT2D eigenvalue weighted by Gasteiger charge is -2.34. The summed E-state index contributed by atoms with van der Waals surface area (Å²) >= 11 is 1.36. The molecule has 7 heteroatoms. The Kier molecular flexibility index (Phi) is 3.61. The predicted octanol–water partition coefficient (Wildman–Crippen LogP) is 2.59. The molecule has 0 spiro atoms. The molecule has 1 aliphatic rings. The lowest BCUT2D eigenvalue weighted by Crippen LogP contribution is -2.48. The molecule has 2 aromatic heterocycles. The normalized spacial score (nSPS) is 16.9. The molecule has 1 aliphatic heterocycles. The number of carbonyl (C=O) groups excluding carboxylic acids is 1. The molecule has 0 saturated heterocycles. The smallest absolute Gasteiger partial charge is 0.326 e. The number of carboxylic acid groups (broad SMARTS) is 1. The second-order valence-corrected chi connectivity index (χ2v) is 7.33. The van der Waals surface area contributed by atoms with E-state index in [-0.39, 0.29) is 5.91 Å². The van der Waals surface area contributed by atoms with Crippen molar-refractivity contribution in [3.8, 4) is 0 Å². The number of aryl methyl sites for hydroxylation is 2. The number of benzene rings is 1. The van der Waals surface area contributed by atoms with Gasteiger partial charge in [0.2, 0.25) is 0 Å². The number of nitrogens with zero attached hydrogens (tertiary/aromatic N) is 3. The highest BCUT2D eigenvalue weighted by molar-refractivity contribution is 7.20. The van der Waals surface area contributed by atoms with Crippen molar-refractivity contribution in [1.82, 2.24) is 14.7 Å². The average molecular weight is 355 g/mol. The van der Waals surface area contributed by atoms with Crippen LogP contribution in [-0.4, -0.2) is 37.7 Å². The topological polar surface area (TPSA) is 75.4 Å². The number of aliphatic carboxylic acids is 1. The van der Waals surface area contributed by atoms with Crippen molar-refractivity contribution in [2.45, 2.75) is 25.9 Å². The van der Waals surface area contributed by atoms with Gasteiger partial charge in [-0.3, -0.25) is 9.48 Å². The predicted molar refractivity (Wildman–Crippen MR) is 94.8 cm³/mol. The number of carbonyl (C=O) groups is 2. The number of amides is 1. The van der Waals surface area contributed by atoms with E-state index in [2.05, 4.69) is 5.10 Å². The van der Waals surface area contributed by atoms with Gasteiger partial charge in [0.1, 0.15) is 10.9 Å². The summed E-state index contributed by atoms with van der Waals surface area (Å²) < 4.78 is 1.76. The number of thiophene rings is 1. The maximum absolute atomic E-state index is 13.1. The molecule has 6 nitrogen and oxygen atoms in total. The fourth-order valence-corrected chi connectivity index (χ4v) is 4.49. The Morgan fingerprint density at radius 3 is 2.68 bits per heavy atom. The number of rotatable bonds is 2. The van der Waals surface area contributed by atoms with Crippen LogP contribution >= 0.6 is 11.3 Å². The third-order valence-corrected chi connectivity index (χ3v) is 5.89. The average Bonchev–Trinajstić information content (AvgIpc) is 3.15. The van der Waals surface area contributed by atoms with Gasteiger partial charge < -0.3 is 10.0 Å². The monoisotopic (exact) mass is 355 g/mol. The van der Waals surface area contributed by atoms with E-state index < -0.39 is 12.0 Å². The Morgan fingerprint density at radius 1 is 1.28 bits per heavy atom. The minimum Gasteiger partial charge on any atom is -0.480 e. The van der Waals surface area contributed by atoms with Gasteiger partial charge in [-0.2, -0.15) is 5.10 Å². The van der Waals surface area contributed by atoms with Crippen molar-refractivity contribution in [3.05, 3.63) is 52.0 Å². The Morgan fingerprint density at radius 2 is 2.00 bits per heavy atom. The van der Waals surface area contributed by atoms with Crippen molar-refractivity contribution < 1.29 is 14.7 Å². The molecule has 25 heavy (non-hydrogen) atoms. The molecule has 1 N–H and O–H groups in total. The van der Waals surface area contributed by atoms with Crippen LogP contribution in [0.1, 0.15) is 26.5 Å². The van der Waals surface area contributed by atoms with Crippen molar-refractivity contribution in [1.29, 1.82) is 0 Å². The van der Waals surface area contributed by atoms with Gasteiger partial charge in [-0.15, -0.1) is 11.3 Å². The van der Waals surface area contributed by atoms with Crippen molar-refractivity contribution in [2.24, 2.45) is 7.05 Å². The van der Waals surface area contributed by atoms with Crippen LogP contribution in [-0.2, 0) is 24.8 Å². The number of hydrogen-bond donors (Lipinski definition) is 1. The molecule has 1 atom stereocenters. The molecule has 0 saturated carbocycles. The first-order valence-corrected chi connectivity index (χ1v) is 8.81. The first-order chi connectivity index (χ1) is 12.0. The Hall–Kier alpha value is -2.67. The fourth-order valence-electron chi connectivity index (χ4n) is 3.41. The van der Waals surface area contributed by atoms with Gasteiger partial charge in [0, 0.05) is 25.4 Å². The van der Waals surface area contributed by atoms with Gasteiger partial charge in [0.15, 0.2) is 0 Å². The van der Waals surface area contributed by atoms with E-state index in [1.54, 1.807) is 4.68 Å². The largest absolute Gasteiger partial charge is 0.480 e. The van der Waals surface area contributed by atoms with Crippen LogP contribution in [0.25, 0.3) is 10.2 Å². The summed E-state index contributed by atoms with van der Waals surface area (Å²) in [6, 6.07) is 8.68. The van der Waals surface area contributed by atoms with E-state index in [9.17, 15) is 14.7 Å². The molecule has 0 bridgehead atoms. The summed E-state index contributed by atoms with van der Waals surface area (Å²) in [5.74, 6) is -1.20. The molecule has 0 radical (unpaired) electrons. The standard InChI is InChI=1S/C18H17N3O3S/c1-10-13-8-15(25-17(13)20(2)19-10)16(22)21-9-12-6-4-3-5-11(12)7-14(21)18(23)24/h3-6,8,14H,7,9H2,1-2H3,(H,23,24)/t14-/m0/s1. The molecular weight excluding hydrogens is 338 g/mol. The quantitative estimate of drug-likeness (QED) is 0.767. The molecule has 1 aromatic carbocycles. The van der Waals surface area contributed by atoms with E-state index in [0.717, 1.165) is 27.0 Å². The van der Waals surface area contributed by atoms with Gasteiger partial charge >= 0.3 is 5.97 Å². The Balaban J connectivity index is 1.74. The van der Waals surface area contributed by atoms with Crippen LogP contribution in [0.2, 0.25) is 0 Å². The first kappa shape index (κ1) is 15.8. The third-order valence-electron chi connectivity index (χ3n) is 4.70. The minimum atomic E-state index is -0.971. The second-order valence-electron chi connectivity index (χ2n) is 6.30. The molecule has 0 fully saturated rings. The highest BCUT2D eigenvalue weighted by Gasteiger charge is 2.35. The SMILES string of the molecule is Cc1nn(C)c2sc(C(=O)N3Cc4ccccc4C[C@H]3C(=O)O)cc12. The van der Waals surface area contributed by atoms with Crippen LogP contribution < -0.4 is 0 Å². The number of fused-ring (bicyclic) bond motifs is 2. The number of aromatic nitrogens is 2.